The third kappa shape index (κ3) is 9.37. The summed E-state index contributed by atoms with van der Waals surface area (Å²) in [5, 5.41) is 0. The van der Waals surface area contributed by atoms with Crippen molar-refractivity contribution in [3.8, 4) is 0 Å². The lowest BCUT2D eigenvalue weighted by Gasteiger charge is -2.37. The molecular weight excluding hydrogens is 478 g/mol. The zero-order valence-electron chi connectivity index (χ0n) is 22.4. The van der Waals surface area contributed by atoms with Gasteiger partial charge in [-0.1, -0.05) is 86.2 Å². The van der Waals surface area contributed by atoms with E-state index in [1.807, 2.05) is 55.5 Å². The molecule has 3 rings (SSSR count). The van der Waals surface area contributed by atoms with Crippen LogP contribution in [-0.4, -0.2) is 41.3 Å². The van der Waals surface area contributed by atoms with Gasteiger partial charge in [0, 0.05) is 31.1 Å². The Labute approximate surface area is 227 Å². The molecule has 2 N–H and O–H groups in total. The zero-order chi connectivity index (χ0) is 26.3. The smallest absolute Gasteiger partial charge is 0.227 e. The molecule has 0 aliphatic carbocycles. The molecule has 0 saturated carbocycles. The molecule has 5 nitrogen and oxygen atoms in total. The Bertz CT molecular complexity index is 975. The lowest BCUT2D eigenvalue weighted by atomic mass is 9.88. The SMILES string of the molecule is C\C=C/C=C\C=C\C=C\C(ON)=C(\CCC)SN1CCC[C@H](C(=O)N2CCC(c3ccccc3)CC2)C1. The van der Waals surface area contributed by atoms with Crippen LogP contribution in [0.3, 0.4) is 0 Å². The fourth-order valence-electron chi connectivity index (χ4n) is 4.95. The Morgan fingerprint density at radius 2 is 1.73 bits per heavy atom. The van der Waals surface area contributed by atoms with E-state index in [0.717, 1.165) is 69.6 Å². The third-order valence-electron chi connectivity index (χ3n) is 6.92. The molecule has 0 aromatic heterocycles. The molecule has 0 bridgehead atoms. The summed E-state index contributed by atoms with van der Waals surface area (Å²) < 4.78 is 2.33. The number of nitrogens with two attached hydrogens (primary N) is 1. The van der Waals surface area contributed by atoms with Crippen LogP contribution in [0.2, 0.25) is 0 Å². The lowest BCUT2D eigenvalue weighted by molar-refractivity contribution is -0.137. The highest BCUT2D eigenvalue weighted by Gasteiger charge is 2.32. The fraction of sp³-hybridized carbons (Fsp3) is 0.452. The average molecular weight is 522 g/mol. The van der Waals surface area contributed by atoms with Crippen molar-refractivity contribution in [2.45, 2.75) is 58.3 Å². The maximum atomic E-state index is 13.4. The van der Waals surface area contributed by atoms with E-state index in [9.17, 15) is 4.79 Å². The number of allylic oxidation sites excluding steroid dienone is 9. The summed E-state index contributed by atoms with van der Waals surface area (Å²) in [4.78, 5) is 21.9. The zero-order valence-corrected chi connectivity index (χ0v) is 23.2. The van der Waals surface area contributed by atoms with Gasteiger partial charge in [0.1, 0.15) is 0 Å². The molecule has 1 amide bonds. The second-order valence-corrected chi connectivity index (χ2v) is 10.8. The predicted octanol–water partition coefficient (Wildman–Crippen LogP) is 6.90. The van der Waals surface area contributed by atoms with Gasteiger partial charge in [-0.15, -0.1) is 0 Å². The van der Waals surface area contributed by atoms with Crippen molar-refractivity contribution in [1.29, 1.82) is 0 Å². The van der Waals surface area contributed by atoms with Gasteiger partial charge in [-0.2, -0.15) is 5.90 Å². The second kappa shape index (κ2) is 16.3. The minimum atomic E-state index is 0.0575. The number of rotatable bonds is 11. The van der Waals surface area contributed by atoms with E-state index in [-0.39, 0.29) is 5.92 Å². The van der Waals surface area contributed by atoms with Gasteiger partial charge in [-0.25, -0.2) is 4.31 Å². The largest absolute Gasteiger partial charge is 0.411 e. The molecule has 2 fully saturated rings. The molecule has 1 aromatic carbocycles. The van der Waals surface area contributed by atoms with Crippen molar-refractivity contribution in [3.63, 3.8) is 0 Å². The Hall–Kier alpha value is -2.54. The number of nitrogens with zero attached hydrogens (tertiary/aromatic N) is 2. The highest BCUT2D eigenvalue weighted by Crippen LogP contribution is 2.34. The molecule has 2 heterocycles. The van der Waals surface area contributed by atoms with Crippen LogP contribution in [0.4, 0.5) is 0 Å². The minimum Gasteiger partial charge on any atom is -0.411 e. The molecule has 0 unspecified atom stereocenters. The first kappa shape index (κ1) is 29.0. The second-order valence-electron chi connectivity index (χ2n) is 9.64. The summed E-state index contributed by atoms with van der Waals surface area (Å²) in [5.74, 6) is 7.30. The highest BCUT2D eigenvalue weighted by atomic mass is 32.2. The molecule has 2 aliphatic heterocycles. The van der Waals surface area contributed by atoms with Gasteiger partial charge in [0.05, 0.1) is 5.92 Å². The summed E-state index contributed by atoms with van der Waals surface area (Å²) in [7, 11) is 0. The molecule has 6 heteroatoms. The van der Waals surface area contributed by atoms with Crippen LogP contribution in [0.5, 0.6) is 0 Å². The normalized spacial score (nSPS) is 20.9. The van der Waals surface area contributed by atoms with E-state index in [1.165, 1.54) is 5.56 Å². The first-order chi connectivity index (χ1) is 18.2. The van der Waals surface area contributed by atoms with Crippen molar-refractivity contribution >= 4 is 17.9 Å². The lowest BCUT2D eigenvalue weighted by Crippen LogP contribution is -2.45. The summed E-state index contributed by atoms with van der Waals surface area (Å²) in [6.45, 7) is 7.60. The van der Waals surface area contributed by atoms with Crippen LogP contribution in [0.1, 0.15) is 63.9 Å². The van der Waals surface area contributed by atoms with E-state index < -0.39 is 0 Å². The van der Waals surface area contributed by atoms with E-state index in [4.69, 9.17) is 10.7 Å². The summed E-state index contributed by atoms with van der Waals surface area (Å²) in [5.41, 5.74) is 1.40. The van der Waals surface area contributed by atoms with Crippen molar-refractivity contribution < 1.29 is 9.63 Å². The highest BCUT2D eigenvalue weighted by molar-refractivity contribution is 8.00. The number of benzene rings is 1. The van der Waals surface area contributed by atoms with Crippen LogP contribution < -0.4 is 5.90 Å². The Morgan fingerprint density at radius 1 is 1.03 bits per heavy atom. The van der Waals surface area contributed by atoms with Crippen molar-refractivity contribution in [3.05, 3.63) is 95.2 Å². The number of amides is 1. The van der Waals surface area contributed by atoms with Crippen molar-refractivity contribution in [1.82, 2.24) is 9.21 Å². The average Bonchev–Trinajstić information content (AvgIpc) is 2.95. The molecule has 200 valence electrons. The van der Waals surface area contributed by atoms with Gasteiger partial charge in [0.25, 0.3) is 0 Å². The Balaban J connectivity index is 1.57. The third-order valence-corrected chi connectivity index (χ3v) is 8.14. The standard InChI is InChI=1S/C31H43N3O2S/c1-3-5-6-7-8-9-13-19-29(36-32)30(15-4-2)37-34-22-14-18-28(25-34)31(35)33-23-20-27(21-24-33)26-16-11-10-12-17-26/h3,5-13,16-17,19,27-28H,4,14-15,18,20-25,32H2,1-2H3/b5-3-,7-6-,9-8+,19-13+,30-29+/t28-/m0/s1. The molecule has 0 radical (unpaired) electrons. The minimum absolute atomic E-state index is 0.0575. The molecule has 2 saturated heterocycles. The van der Waals surface area contributed by atoms with E-state index in [1.54, 1.807) is 11.9 Å². The molecule has 2 aliphatic rings. The summed E-state index contributed by atoms with van der Waals surface area (Å²) in [6, 6.07) is 10.7. The van der Waals surface area contributed by atoms with Crippen molar-refractivity contribution in [2.24, 2.45) is 11.8 Å². The Kier molecular flexibility index (Phi) is 12.8. The Morgan fingerprint density at radius 3 is 2.41 bits per heavy atom. The van der Waals surface area contributed by atoms with Crippen molar-refractivity contribution in [2.75, 3.05) is 26.2 Å². The molecule has 1 aromatic rings. The van der Waals surface area contributed by atoms with E-state index in [2.05, 4.69) is 46.5 Å². The first-order valence-corrected chi connectivity index (χ1v) is 14.4. The summed E-state index contributed by atoms with van der Waals surface area (Å²) in [6.07, 6.45) is 21.7. The number of hydrogen-bond acceptors (Lipinski definition) is 5. The van der Waals surface area contributed by atoms with Crippen LogP contribution >= 0.6 is 11.9 Å². The van der Waals surface area contributed by atoms with Gasteiger partial charge >= 0.3 is 0 Å². The number of carbonyl (C=O) groups excluding carboxylic acids is 1. The van der Waals surface area contributed by atoms with Gasteiger partial charge in [-0.3, -0.25) is 4.79 Å². The summed E-state index contributed by atoms with van der Waals surface area (Å²) >= 11 is 1.70. The maximum absolute atomic E-state index is 13.4. The topological polar surface area (TPSA) is 58.8 Å². The number of carbonyl (C=O) groups is 1. The van der Waals surface area contributed by atoms with E-state index in [0.29, 0.717) is 17.6 Å². The number of hydrogen-bond donors (Lipinski definition) is 1. The van der Waals surface area contributed by atoms with E-state index >= 15 is 0 Å². The molecule has 37 heavy (non-hydrogen) atoms. The van der Waals surface area contributed by atoms with Gasteiger partial charge in [0.2, 0.25) is 5.91 Å². The quantitative estimate of drug-likeness (QED) is 0.149. The predicted molar refractivity (Wildman–Crippen MR) is 156 cm³/mol. The fourth-order valence-corrected chi connectivity index (χ4v) is 6.24. The molecule has 0 spiro atoms. The maximum Gasteiger partial charge on any atom is 0.227 e. The van der Waals surface area contributed by atoms with Crippen LogP contribution in [-0.2, 0) is 9.63 Å². The van der Waals surface area contributed by atoms with Gasteiger partial charge in [-0.05, 0) is 68.5 Å². The number of likely N-dealkylation sites (tertiary alicyclic amines) is 1. The van der Waals surface area contributed by atoms with Crippen LogP contribution in [0, 0.1) is 5.92 Å². The molecule has 1 atom stereocenters. The monoisotopic (exact) mass is 521 g/mol. The van der Waals surface area contributed by atoms with Crippen LogP contribution in [0.15, 0.2) is 89.6 Å². The van der Waals surface area contributed by atoms with Crippen LogP contribution in [0.25, 0.3) is 0 Å². The molecular formula is C31H43N3O2S. The van der Waals surface area contributed by atoms with Gasteiger partial charge < -0.3 is 9.74 Å². The number of piperidine rings is 2. The van der Waals surface area contributed by atoms with Gasteiger partial charge in [0.15, 0.2) is 5.76 Å². The first-order valence-electron chi connectivity index (χ1n) is 13.7.